The van der Waals surface area contributed by atoms with Crippen LogP contribution in [0.5, 0.6) is 0 Å². The molecule has 19 heavy (non-hydrogen) atoms. The molecule has 0 saturated heterocycles. The highest BCUT2D eigenvalue weighted by atomic mass is 16.5. The monoisotopic (exact) mass is 260 g/mol. The summed E-state index contributed by atoms with van der Waals surface area (Å²) in [5.41, 5.74) is 2.82. The summed E-state index contributed by atoms with van der Waals surface area (Å²) in [7, 11) is 0. The molecule has 1 aromatic carbocycles. The lowest BCUT2D eigenvalue weighted by atomic mass is 10.1. The molecular formula is C14H16N2O3. The maximum Gasteiger partial charge on any atom is 0.411 e. The summed E-state index contributed by atoms with van der Waals surface area (Å²) in [5.74, 6) is 0. The van der Waals surface area contributed by atoms with Gasteiger partial charge in [0.2, 0.25) is 0 Å². The number of rotatable bonds is 2. The van der Waals surface area contributed by atoms with Crippen molar-refractivity contribution < 1.29 is 9.53 Å². The van der Waals surface area contributed by atoms with Gasteiger partial charge in [-0.1, -0.05) is 6.07 Å². The number of amides is 1. The predicted octanol–water partition coefficient (Wildman–Crippen LogP) is 2.71. The number of aromatic nitrogens is 1. The van der Waals surface area contributed by atoms with E-state index in [0.717, 1.165) is 10.9 Å². The van der Waals surface area contributed by atoms with E-state index in [0.29, 0.717) is 23.4 Å². The van der Waals surface area contributed by atoms with Crippen molar-refractivity contribution in [2.24, 2.45) is 0 Å². The predicted molar refractivity (Wildman–Crippen MR) is 74.7 cm³/mol. The first kappa shape index (κ1) is 13.1. The number of carbonyl (C=O) groups is 1. The Hall–Kier alpha value is -2.30. The van der Waals surface area contributed by atoms with E-state index >= 15 is 0 Å². The lowest BCUT2D eigenvalue weighted by molar-refractivity contribution is 0.168. The summed E-state index contributed by atoms with van der Waals surface area (Å²) in [6.07, 6.45) is -0.506. The molecule has 0 aliphatic carbocycles. The smallest absolute Gasteiger partial charge is 0.411 e. The fourth-order valence-corrected chi connectivity index (χ4v) is 1.93. The highest BCUT2D eigenvalue weighted by Crippen LogP contribution is 2.20. The summed E-state index contributed by atoms with van der Waals surface area (Å²) < 4.78 is 4.80. The minimum Gasteiger partial charge on any atom is -0.450 e. The molecule has 0 aliphatic heterocycles. The second-order valence-corrected chi connectivity index (χ2v) is 4.31. The van der Waals surface area contributed by atoms with Crippen LogP contribution in [0.15, 0.2) is 23.0 Å². The van der Waals surface area contributed by atoms with Crippen molar-refractivity contribution in [2.75, 3.05) is 11.9 Å². The van der Waals surface area contributed by atoms with E-state index in [1.54, 1.807) is 26.0 Å². The van der Waals surface area contributed by atoms with Crippen LogP contribution in [0.25, 0.3) is 10.9 Å². The summed E-state index contributed by atoms with van der Waals surface area (Å²) >= 11 is 0. The van der Waals surface area contributed by atoms with Crippen LogP contribution in [0, 0.1) is 13.8 Å². The fraction of sp³-hybridized carbons (Fsp3) is 0.286. The number of carbonyl (C=O) groups excluding carboxylic acids is 1. The topological polar surface area (TPSA) is 71.2 Å². The third kappa shape index (κ3) is 2.59. The number of nitrogens with one attached hydrogen (secondary N) is 2. The molecule has 0 bridgehead atoms. The Bertz CT molecular complexity index is 689. The molecule has 2 N–H and O–H groups in total. The Kier molecular flexibility index (Phi) is 3.55. The molecule has 0 spiro atoms. The van der Waals surface area contributed by atoms with Gasteiger partial charge in [-0.15, -0.1) is 0 Å². The van der Waals surface area contributed by atoms with Gasteiger partial charge in [-0.05, 0) is 38.5 Å². The molecule has 1 amide bonds. The van der Waals surface area contributed by atoms with E-state index in [9.17, 15) is 9.59 Å². The zero-order chi connectivity index (χ0) is 14.0. The lowest BCUT2D eigenvalue weighted by Gasteiger charge is -2.09. The molecule has 0 fully saturated rings. The SMILES string of the molecule is CCOC(=O)Nc1ccc2c(C)c(C)c(=O)[nH]c2c1. The standard InChI is InChI=1S/C14H16N2O3/c1-4-19-14(18)15-10-5-6-11-8(2)9(3)13(17)16-12(11)7-10/h5-7H,4H2,1-3H3,(H,15,18)(H,16,17). The molecular weight excluding hydrogens is 244 g/mol. The average Bonchev–Trinajstić information content (AvgIpc) is 2.36. The van der Waals surface area contributed by atoms with Gasteiger partial charge in [0.05, 0.1) is 12.1 Å². The van der Waals surface area contributed by atoms with E-state index in [2.05, 4.69) is 10.3 Å². The van der Waals surface area contributed by atoms with Crippen LogP contribution in [0.4, 0.5) is 10.5 Å². The molecule has 0 aliphatic rings. The van der Waals surface area contributed by atoms with Crippen LogP contribution in [0.2, 0.25) is 0 Å². The maximum absolute atomic E-state index is 11.7. The van der Waals surface area contributed by atoms with Crippen molar-refractivity contribution in [3.05, 3.63) is 39.7 Å². The second kappa shape index (κ2) is 5.14. The summed E-state index contributed by atoms with van der Waals surface area (Å²) in [4.78, 5) is 25.9. The van der Waals surface area contributed by atoms with Crippen molar-refractivity contribution in [3.8, 4) is 0 Å². The zero-order valence-electron chi connectivity index (χ0n) is 11.2. The molecule has 1 aromatic heterocycles. The normalized spacial score (nSPS) is 10.5. The maximum atomic E-state index is 11.7. The number of benzene rings is 1. The molecule has 2 aromatic rings. The minimum absolute atomic E-state index is 0.113. The number of hydrogen-bond acceptors (Lipinski definition) is 3. The molecule has 1 heterocycles. The number of hydrogen-bond donors (Lipinski definition) is 2. The van der Waals surface area contributed by atoms with Crippen LogP contribution >= 0.6 is 0 Å². The Morgan fingerprint density at radius 3 is 2.74 bits per heavy atom. The zero-order valence-corrected chi connectivity index (χ0v) is 11.2. The van der Waals surface area contributed by atoms with Crippen molar-refractivity contribution in [1.82, 2.24) is 4.98 Å². The van der Waals surface area contributed by atoms with Gasteiger partial charge in [0, 0.05) is 16.6 Å². The molecule has 0 atom stereocenters. The minimum atomic E-state index is -0.506. The van der Waals surface area contributed by atoms with Crippen LogP contribution < -0.4 is 10.9 Å². The van der Waals surface area contributed by atoms with Gasteiger partial charge in [-0.25, -0.2) is 4.79 Å². The molecule has 0 saturated carbocycles. The van der Waals surface area contributed by atoms with Crippen molar-refractivity contribution in [3.63, 3.8) is 0 Å². The second-order valence-electron chi connectivity index (χ2n) is 4.31. The highest BCUT2D eigenvalue weighted by Gasteiger charge is 2.07. The average molecular weight is 260 g/mol. The van der Waals surface area contributed by atoms with Crippen LogP contribution in [-0.4, -0.2) is 17.7 Å². The number of anilines is 1. The molecule has 5 nitrogen and oxygen atoms in total. The Morgan fingerprint density at radius 2 is 2.05 bits per heavy atom. The van der Waals surface area contributed by atoms with E-state index in [4.69, 9.17) is 4.74 Å². The third-order valence-electron chi connectivity index (χ3n) is 3.10. The summed E-state index contributed by atoms with van der Waals surface area (Å²) in [6, 6.07) is 5.37. The highest BCUT2D eigenvalue weighted by molar-refractivity contribution is 5.91. The van der Waals surface area contributed by atoms with Gasteiger partial charge in [-0.2, -0.15) is 0 Å². The first-order valence-corrected chi connectivity index (χ1v) is 6.10. The number of H-pyrrole nitrogens is 1. The first-order valence-electron chi connectivity index (χ1n) is 6.10. The Morgan fingerprint density at radius 1 is 1.32 bits per heavy atom. The van der Waals surface area contributed by atoms with E-state index in [1.807, 2.05) is 13.0 Å². The fourth-order valence-electron chi connectivity index (χ4n) is 1.93. The number of fused-ring (bicyclic) bond motifs is 1. The Labute approximate surface area is 110 Å². The molecule has 0 radical (unpaired) electrons. The van der Waals surface area contributed by atoms with Gasteiger partial charge in [0.25, 0.3) is 5.56 Å². The lowest BCUT2D eigenvalue weighted by Crippen LogP contribution is -2.14. The van der Waals surface area contributed by atoms with Crippen molar-refractivity contribution in [2.45, 2.75) is 20.8 Å². The van der Waals surface area contributed by atoms with E-state index in [-0.39, 0.29) is 5.56 Å². The van der Waals surface area contributed by atoms with Gasteiger partial charge in [0.1, 0.15) is 0 Å². The summed E-state index contributed by atoms with van der Waals surface area (Å²) in [5, 5.41) is 3.57. The molecule has 2 rings (SSSR count). The van der Waals surface area contributed by atoms with Gasteiger partial charge in [0.15, 0.2) is 0 Å². The van der Waals surface area contributed by atoms with Gasteiger partial charge >= 0.3 is 6.09 Å². The summed E-state index contributed by atoms with van der Waals surface area (Å²) in [6.45, 7) is 5.75. The molecule has 5 heteroatoms. The third-order valence-corrected chi connectivity index (χ3v) is 3.10. The first-order chi connectivity index (χ1) is 9.02. The largest absolute Gasteiger partial charge is 0.450 e. The van der Waals surface area contributed by atoms with Crippen LogP contribution in [-0.2, 0) is 4.74 Å². The number of aryl methyl sites for hydroxylation is 1. The van der Waals surface area contributed by atoms with E-state index in [1.165, 1.54) is 0 Å². The number of aromatic amines is 1. The number of pyridine rings is 1. The van der Waals surface area contributed by atoms with Gasteiger partial charge in [-0.3, -0.25) is 10.1 Å². The van der Waals surface area contributed by atoms with Crippen molar-refractivity contribution >= 4 is 22.7 Å². The van der Waals surface area contributed by atoms with E-state index < -0.39 is 6.09 Å². The molecule has 100 valence electrons. The van der Waals surface area contributed by atoms with Gasteiger partial charge < -0.3 is 9.72 Å². The Balaban J connectivity index is 2.44. The van der Waals surface area contributed by atoms with Crippen molar-refractivity contribution in [1.29, 1.82) is 0 Å². The van der Waals surface area contributed by atoms with Crippen LogP contribution in [0.3, 0.4) is 0 Å². The van der Waals surface area contributed by atoms with Crippen LogP contribution in [0.1, 0.15) is 18.1 Å². The number of ether oxygens (including phenoxy) is 1. The molecule has 0 unspecified atom stereocenters. The quantitative estimate of drug-likeness (QED) is 0.872.